The summed E-state index contributed by atoms with van der Waals surface area (Å²) in [7, 11) is 0. The van der Waals surface area contributed by atoms with E-state index >= 15 is 0 Å². The van der Waals surface area contributed by atoms with E-state index in [-0.39, 0.29) is 11.5 Å². The molecule has 6 heteroatoms. The maximum Gasteiger partial charge on any atom is 0.251 e. The van der Waals surface area contributed by atoms with E-state index in [1.165, 1.54) is 6.07 Å². The van der Waals surface area contributed by atoms with Gasteiger partial charge in [0, 0.05) is 43.5 Å². The van der Waals surface area contributed by atoms with Crippen molar-refractivity contribution < 1.29 is 9.53 Å². The van der Waals surface area contributed by atoms with E-state index in [1.54, 1.807) is 13.0 Å². The number of pyridine rings is 1. The number of hydrogen-bond acceptors (Lipinski definition) is 4. The number of nitrogens with one attached hydrogen (secondary N) is 2. The van der Waals surface area contributed by atoms with E-state index in [9.17, 15) is 9.59 Å². The molecule has 0 radical (unpaired) electrons. The van der Waals surface area contributed by atoms with Crippen molar-refractivity contribution in [1.82, 2.24) is 15.2 Å². The summed E-state index contributed by atoms with van der Waals surface area (Å²) in [6.45, 7) is 6.44. The second-order valence-electron chi connectivity index (χ2n) is 4.63. The number of carbonyl (C=O) groups is 1. The number of aryl methyl sites for hydroxylation is 1. The molecule has 2 N–H and O–H groups in total. The molecule has 2 heterocycles. The number of carbonyl (C=O) groups excluding carboxylic acids is 1. The van der Waals surface area contributed by atoms with Gasteiger partial charge in [0.15, 0.2) is 0 Å². The highest BCUT2D eigenvalue weighted by Gasteiger charge is 2.11. The van der Waals surface area contributed by atoms with E-state index in [2.05, 4.69) is 15.2 Å². The van der Waals surface area contributed by atoms with Gasteiger partial charge in [-0.1, -0.05) is 0 Å². The lowest BCUT2D eigenvalue weighted by Crippen LogP contribution is -2.41. The summed E-state index contributed by atoms with van der Waals surface area (Å²) in [4.78, 5) is 28.0. The van der Waals surface area contributed by atoms with Gasteiger partial charge < -0.3 is 15.0 Å². The largest absolute Gasteiger partial charge is 0.379 e. The normalized spacial score (nSPS) is 16.3. The molecule has 0 aliphatic carbocycles. The number of rotatable bonds is 4. The van der Waals surface area contributed by atoms with Crippen LogP contribution in [-0.4, -0.2) is 55.2 Å². The van der Waals surface area contributed by atoms with Gasteiger partial charge >= 0.3 is 0 Å². The van der Waals surface area contributed by atoms with Crippen molar-refractivity contribution in [3.63, 3.8) is 0 Å². The monoisotopic (exact) mass is 265 g/mol. The molecule has 0 saturated carbocycles. The Morgan fingerprint density at radius 3 is 2.84 bits per heavy atom. The quantitative estimate of drug-likeness (QED) is 0.787. The van der Waals surface area contributed by atoms with Crippen LogP contribution in [0.4, 0.5) is 0 Å². The van der Waals surface area contributed by atoms with Crippen LogP contribution in [0, 0.1) is 6.92 Å². The summed E-state index contributed by atoms with van der Waals surface area (Å²) < 4.78 is 5.26. The van der Waals surface area contributed by atoms with Gasteiger partial charge in [0.25, 0.3) is 5.91 Å². The van der Waals surface area contributed by atoms with Crippen molar-refractivity contribution in [3.05, 3.63) is 33.7 Å². The first-order valence-electron chi connectivity index (χ1n) is 6.44. The molecule has 6 nitrogen and oxygen atoms in total. The Labute approximate surface area is 111 Å². The lowest BCUT2D eigenvalue weighted by molar-refractivity contribution is 0.0383. The van der Waals surface area contributed by atoms with E-state index in [0.29, 0.717) is 17.8 Å². The van der Waals surface area contributed by atoms with Crippen LogP contribution in [0.2, 0.25) is 0 Å². The fourth-order valence-corrected chi connectivity index (χ4v) is 2.07. The zero-order valence-electron chi connectivity index (χ0n) is 11.1. The van der Waals surface area contributed by atoms with Gasteiger partial charge in [-0.05, 0) is 13.0 Å². The Kier molecular flexibility index (Phi) is 4.70. The minimum atomic E-state index is -0.252. The van der Waals surface area contributed by atoms with Crippen molar-refractivity contribution in [2.75, 3.05) is 39.4 Å². The summed E-state index contributed by atoms with van der Waals surface area (Å²) in [6.07, 6.45) is 0. The molecule has 1 aliphatic rings. The summed E-state index contributed by atoms with van der Waals surface area (Å²) in [5, 5.41) is 2.83. The second kappa shape index (κ2) is 6.49. The Morgan fingerprint density at radius 2 is 2.16 bits per heavy atom. The zero-order chi connectivity index (χ0) is 13.7. The minimum absolute atomic E-state index is 0.206. The SMILES string of the molecule is Cc1cc(C(=O)NCCN2CCOCC2)cc(=O)[nH]1. The third-order valence-electron chi connectivity index (χ3n) is 3.06. The van der Waals surface area contributed by atoms with Gasteiger partial charge in [0.1, 0.15) is 0 Å². The Bertz CT molecular complexity index is 492. The lowest BCUT2D eigenvalue weighted by Gasteiger charge is -2.26. The molecule has 1 saturated heterocycles. The minimum Gasteiger partial charge on any atom is -0.379 e. The van der Waals surface area contributed by atoms with Crippen LogP contribution >= 0.6 is 0 Å². The van der Waals surface area contributed by atoms with Crippen molar-refractivity contribution in [3.8, 4) is 0 Å². The third-order valence-corrected chi connectivity index (χ3v) is 3.06. The number of hydrogen-bond donors (Lipinski definition) is 2. The average molecular weight is 265 g/mol. The molecule has 0 atom stereocenters. The standard InChI is InChI=1S/C13H19N3O3/c1-10-8-11(9-12(17)15-10)13(18)14-2-3-16-4-6-19-7-5-16/h8-9H,2-7H2,1H3,(H,14,18)(H,15,17). The van der Waals surface area contributed by atoms with Crippen molar-refractivity contribution in [2.24, 2.45) is 0 Å². The predicted octanol–water partition coefficient (Wildman–Crippen LogP) is -0.255. The first-order chi connectivity index (χ1) is 9.15. The van der Waals surface area contributed by atoms with Crippen molar-refractivity contribution in [1.29, 1.82) is 0 Å². The smallest absolute Gasteiger partial charge is 0.251 e. The van der Waals surface area contributed by atoms with Gasteiger partial charge in [0.05, 0.1) is 13.2 Å². The third kappa shape index (κ3) is 4.18. The topological polar surface area (TPSA) is 74.4 Å². The number of H-pyrrole nitrogens is 1. The van der Waals surface area contributed by atoms with Crippen molar-refractivity contribution in [2.45, 2.75) is 6.92 Å². The molecule has 2 rings (SSSR count). The molecular weight excluding hydrogens is 246 g/mol. The highest BCUT2D eigenvalue weighted by molar-refractivity contribution is 5.94. The van der Waals surface area contributed by atoms with Gasteiger partial charge in [0.2, 0.25) is 5.56 Å². The fraction of sp³-hybridized carbons (Fsp3) is 0.538. The Balaban J connectivity index is 1.82. The highest BCUT2D eigenvalue weighted by Crippen LogP contribution is 1.98. The molecule has 19 heavy (non-hydrogen) atoms. The first kappa shape index (κ1) is 13.8. The van der Waals surface area contributed by atoms with Crippen LogP contribution in [0.25, 0.3) is 0 Å². The lowest BCUT2D eigenvalue weighted by atomic mass is 10.2. The van der Waals surface area contributed by atoms with Crippen LogP contribution in [0.3, 0.4) is 0 Å². The number of aromatic amines is 1. The van der Waals surface area contributed by atoms with E-state index in [0.717, 1.165) is 32.8 Å². The van der Waals surface area contributed by atoms with Gasteiger partial charge in [-0.25, -0.2) is 0 Å². The van der Waals surface area contributed by atoms with E-state index in [4.69, 9.17) is 4.74 Å². The van der Waals surface area contributed by atoms with Gasteiger partial charge in [-0.2, -0.15) is 0 Å². The number of amides is 1. The van der Waals surface area contributed by atoms with Crippen molar-refractivity contribution >= 4 is 5.91 Å². The van der Waals surface area contributed by atoms with E-state index in [1.807, 2.05) is 0 Å². The average Bonchev–Trinajstić information content (AvgIpc) is 2.38. The van der Waals surface area contributed by atoms with Crippen LogP contribution < -0.4 is 10.9 Å². The number of aromatic nitrogens is 1. The molecule has 1 aromatic heterocycles. The molecule has 1 aromatic rings. The van der Waals surface area contributed by atoms with Gasteiger partial charge in [-0.3, -0.25) is 14.5 Å². The van der Waals surface area contributed by atoms with Crippen LogP contribution in [0.1, 0.15) is 16.1 Å². The molecule has 1 amide bonds. The van der Waals surface area contributed by atoms with Crippen LogP contribution in [-0.2, 0) is 4.74 Å². The molecule has 0 aromatic carbocycles. The summed E-state index contributed by atoms with van der Waals surface area (Å²) in [5.41, 5.74) is 0.840. The maximum absolute atomic E-state index is 11.9. The Hall–Kier alpha value is -1.66. The second-order valence-corrected chi connectivity index (χ2v) is 4.63. The Morgan fingerprint density at radius 1 is 1.42 bits per heavy atom. The maximum atomic E-state index is 11.9. The predicted molar refractivity (Wildman–Crippen MR) is 71.4 cm³/mol. The first-order valence-corrected chi connectivity index (χ1v) is 6.44. The number of morpholine rings is 1. The molecular formula is C13H19N3O3. The molecule has 1 aliphatic heterocycles. The molecule has 0 spiro atoms. The van der Waals surface area contributed by atoms with E-state index < -0.39 is 0 Å². The fourth-order valence-electron chi connectivity index (χ4n) is 2.07. The van der Waals surface area contributed by atoms with Crippen LogP contribution in [0.5, 0.6) is 0 Å². The summed E-state index contributed by atoms with van der Waals surface area (Å²) >= 11 is 0. The zero-order valence-corrected chi connectivity index (χ0v) is 11.1. The number of ether oxygens (including phenoxy) is 1. The van der Waals surface area contributed by atoms with Crippen LogP contribution in [0.15, 0.2) is 16.9 Å². The molecule has 104 valence electrons. The summed E-state index contributed by atoms with van der Waals surface area (Å²) in [5.74, 6) is -0.206. The number of nitrogens with zero attached hydrogens (tertiary/aromatic N) is 1. The highest BCUT2D eigenvalue weighted by atomic mass is 16.5. The molecule has 1 fully saturated rings. The summed E-state index contributed by atoms with van der Waals surface area (Å²) in [6, 6.07) is 2.99. The molecule has 0 bridgehead atoms. The van der Waals surface area contributed by atoms with Gasteiger partial charge in [-0.15, -0.1) is 0 Å². The molecule has 0 unspecified atom stereocenters.